The van der Waals surface area contributed by atoms with Crippen LogP contribution in [0.15, 0.2) is 53.4 Å². The summed E-state index contributed by atoms with van der Waals surface area (Å²) in [4.78, 5) is 21.0. The van der Waals surface area contributed by atoms with Gasteiger partial charge in [-0.15, -0.1) is 11.8 Å². The van der Waals surface area contributed by atoms with E-state index < -0.39 is 0 Å². The van der Waals surface area contributed by atoms with Crippen molar-refractivity contribution in [2.45, 2.75) is 75.4 Å². The lowest BCUT2D eigenvalue weighted by atomic mass is 10.0. The van der Waals surface area contributed by atoms with Crippen molar-refractivity contribution in [2.24, 2.45) is 0 Å². The van der Waals surface area contributed by atoms with Crippen molar-refractivity contribution in [1.82, 2.24) is 9.88 Å². The number of H-pyrrole nitrogens is 1. The zero-order valence-electron chi connectivity index (χ0n) is 19.5. The zero-order valence-corrected chi connectivity index (χ0v) is 20.3. The third-order valence-corrected chi connectivity index (χ3v) is 7.79. The highest BCUT2D eigenvalue weighted by Gasteiger charge is 2.35. The summed E-state index contributed by atoms with van der Waals surface area (Å²) in [7, 11) is 0. The standard InChI is InChI=1S/C28H36N2OS/c1-3-5-7-13-19-30(20-14-8-6-4-2)28(31)27-25-21-15-9-11-17-23(21)29-26(25)22-16-10-12-18-24(22)32-27/h9-12,15-18,27,29H,3-8,13-14,19-20H2,1-2H3. The van der Waals surface area contributed by atoms with Crippen molar-refractivity contribution in [3.05, 3.63) is 54.1 Å². The molecule has 1 aromatic heterocycles. The minimum absolute atomic E-state index is 0.187. The Morgan fingerprint density at radius 2 is 1.53 bits per heavy atom. The van der Waals surface area contributed by atoms with Crippen LogP contribution in [0.2, 0.25) is 0 Å². The molecule has 0 bridgehead atoms. The molecular formula is C28H36N2OS. The van der Waals surface area contributed by atoms with Crippen LogP contribution in [0, 0.1) is 0 Å². The Morgan fingerprint density at radius 1 is 0.875 bits per heavy atom. The summed E-state index contributed by atoms with van der Waals surface area (Å²) in [5.41, 5.74) is 4.62. The topological polar surface area (TPSA) is 36.1 Å². The summed E-state index contributed by atoms with van der Waals surface area (Å²) in [5.74, 6) is 0.281. The van der Waals surface area contributed by atoms with E-state index >= 15 is 0 Å². The number of thioether (sulfide) groups is 1. The van der Waals surface area contributed by atoms with Crippen LogP contribution >= 0.6 is 11.8 Å². The maximum atomic E-state index is 14.0. The average Bonchev–Trinajstić information content (AvgIpc) is 3.22. The van der Waals surface area contributed by atoms with Crippen LogP contribution in [0.25, 0.3) is 22.2 Å². The van der Waals surface area contributed by atoms with Gasteiger partial charge in [0.15, 0.2) is 0 Å². The van der Waals surface area contributed by atoms with Gasteiger partial charge in [-0.2, -0.15) is 0 Å². The molecule has 2 heterocycles. The predicted octanol–water partition coefficient (Wildman–Crippen LogP) is 7.97. The molecule has 0 saturated carbocycles. The number of amides is 1. The molecule has 1 aliphatic rings. The number of nitrogens with zero attached hydrogens (tertiary/aromatic N) is 1. The van der Waals surface area contributed by atoms with E-state index in [1.54, 1.807) is 11.8 Å². The summed E-state index contributed by atoms with van der Waals surface area (Å²) in [5, 5.41) is 0.994. The van der Waals surface area contributed by atoms with Crippen LogP contribution in [0.1, 0.15) is 76.0 Å². The number of aromatic nitrogens is 1. The Kier molecular flexibility index (Phi) is 7.96. The van der Waals surface area contributed by atoms with Crippen LogP contribution in [0.3, 0.4) is 0 Å². The Hall–Kier alpha value is -2.20. The lowest BCUT2D eigenvalue weighted by Gasteiger charge is -2.30. The summed E-state index contributed by atoms with van der Waals surface area (Å²) in [6.07, 6.45) is 9.54. The van der Waals surface area contributed by atoms with E-state index in [1.807, 2.05) is 0 Å². The van der Waals surface area contributed by atoms with Crippen LogP contribution in [-0.2, 0) is 4.79 Å². The molecule has 1 atom stereocenters. The van der Waals surface area contributed by atoms with Gasteiger partial charge in [-0.05, 0) is 25.0 Å². The van der Waals surface area contributed by atoms with Crippen LogP contribution < -0.4 is 0 Å². The maximum absolute atomic E-state index is 14.0. The monoisotopic (exact) mass is 448 g/mol. The fourth-order valence-corrected chi connectivity index (χ4v) is 6.06. The van der Waals surface area contributed by atoms with Gasteiger partial charge in [-0.3, -0.25) is 4.79 Å². The van der Waals surface area contributed by atoms with E-state index in [2.05, 4.69) is 72.3 Å². The molecule has 32 heavy (non-hydrogen) atoms. The Morgan fingerprint density at radius 3 is 2.25 bits per heavy atom. The molecule has 4 rings (SSSR count). The van der Waals surface area contributed by atoms with Gasteiger partial charge in [0.05, 0.1) is 5.69 Å². The van der Waals surface area contributed by atoms with Crippen molar-refractivity contribution in [3.8, 4) is 11.3 Å². The number of aromatic amines is 1. The fraction of sp³-hybridized carbons (Fsp3) is 0.464. The van der Waals surface area contributed by atoms with Crippen LogP contribution in [0.5, 0.6) is 0 Å². The molecule has 2 aromatic carbocycles. The number of fused-ring (bicyclic) bond motifs is 5. The first kappa shape index (κ1) is 23.0. The zero-order chi connectivity index (χ0) is 22.3. The minimum Gasteiger partial charge on any atom is -0.354 e. The number of rotatable bonds is 11. The summed E-state index contributed by atoms with van der Waals surface area (Å²) in [6.45, 7) is 6.23. The van der Waals surface area contributed by atoms with Gasteiger partial charge in [-0.1, -0.05) is 88.8 Å². The van der Waals surface area contributed by atoms with Gasteiger partial charge in [0, 0.05) is 40.0 Å². The Balaban J connectivity index is 1.65. The molecule has 0 saturated heterocycles. The van der Waals surface area contributed by atoms with E-state index in [-0.39, 0.29) is 11.2 Å². The second kappa shape index (κ2) is 11.1. The van der Waals surface area contributed by atoms with Gasteiger partial charge in [0.25, 0.3) is 0 Å². The Labute approximate surface area is 197 Å². The fourth-order valence-electron chi connectivity index (χ4n) is 4.74. The van der Waals surface area contributed by atoms with E-state index in [9.17, 15) is 4.79 Å². The number of unbranched alkanes of at least 4 members (excludes halogenated alkanes) is 6. The number of carbonyl (C=O) groups excluding carboxylic acids is 1. The smallest absolute Gasteiger partial charge is 0.240 e. The normalized spacial score (nSPS) is 14.9. The highest BCUT2D eigenvalue weighted by molar-refractivity contribution is 8.00. The molecule has 0 spiro atoms. The first-order chi connectivity index (χ1) is 15.7. The molecule has 4 heteroatoms. The lowest BCUT2D eigenvalue weighted by molar-refractivity contribution is -0.130. The summed E-state index contributed by atoms with van der Waals surface area (Å²) >= 11 is 1.73. The molecule has 0 fully saturated rings. The predicted molar refractivity (Wildman–Crippen MR) is 137 cm³/mol. The Bertz CT molecular complexity index is 1030. The van der Waals surface area contributed by atoms with Gasteiger partial charge < -0.3 is 9.88 Å². The third-order valence-electron chi connectivity index (χ3n) is 6.51. The first-order valence-electron chi connectivity index (χ1n) is 12.4. The highest BCUT2D eigenvalue weighted by atomic mass is 32.2. The second-order valence-electron chi connectivity index (χ2n) is 8.90. The van der Waals surface area contributed by atoms with Crippen molar-refractivity contribution in [3.63, 3.8) is 0 Å². The molecule has 1 unspecified atom stereocenters. The molecule has 1 aliphatic heterocycles. The van der Waals surface area contributed by atoms with Gasteiger partial charge in [-0.25, -0.2) is 0 Å². The summed E-state index contributed by atoms with van der Waals surface area (Å²) < 4.78 is 0. The minimum atomic E-state index is -0.187. The summed E-state index contributed by atoms with van der Waals surface area (Å²) in [6, 6.07) is 16.9. The number of hydrogen-bond acceptors (Lipinski definition) is 2. The number of benzene rings is 2. The quantitative estimate of drug-likeness (QED) is 0.302. The average molecular weight is 449 g/mol. The van der Waals surface area contributed by atoms with Gasteiger partial charge >= 0.3 is 0 Å². The van der Waals surface area contributed by atoms with Crippen LogP contribution in [0.4, 0.5) is 0 Å². The SMILES string of the molecule is CCCCCCN(CCCCCC)C(=O)C1Sc2ccccc2-c2[nH]c3ccccc3c21. The molecule has 3 nitrogen and oxygen atoms in total. The van der Waals surface area contributed by atoms with E-state index in [4.69, 9.17) is 0 Å². The molecule has 170 valence electrons. The number of nitrogens with one attached hydrogen (secondary N) is 1. The third kappa shape index (κ3) is 4.91. The van der Waals surface area contributed by atoms with Gasteiger partial charge in [0.1, 0.15) is 5.25 Å². The number of carbonyl (C=O) groups is 1. The van der Waals surface area contributed by atoms with Crippen molar-refractivity contribution in [2.75, 3.05) is 13.1 Å². The first-order valence-corrected chi connectivity index (χ1v) is 13.3. The van der Waals surface area contributed by atoms with Crippen molar-refractivity contribution in [1.29, 1.82) is 0 Å². The molecule has 1 amide bonds. The van der Waals surface area contributed by atoms with Crippen molar-refractivity contribution < 1.29 is 4.79 Å². The molecular weight excluding hydrogens is 412 g/mol. The lowest BCUT2D eigenvalue weighted by Crippen LogP contribution is -2.36. The second-order valence-corrected chi connectivity index (χ2v) is 10.0. The molecule has 1 N–H and O–H groups in total. The van der Waals surface area contributed by atoms with E-state index in [0.29, 0.717) is 0 Å². The van der Waals surface area contributed by atoms with E-state index in [1.165, 1.54) is 59.9 Å². The number of para-hydroxylation sites is 1. The van der Waals surface area contributed by atoms with Crippen molar-refractivity contribution >= 4 is 28.6 Å². The van der Waals surface area contributed by atoms with Crippen LogP contribution in [-0.4, -0.2) is 28.9 Å². The highest BCUT2D eigenvalue weighted by Crippen LogP contribution is 2.51. The molecule has 3 aromatic rings. The molecule has 0 aliphatic carbocycles. The van der Waals surface area contributed by atoms with Gasteiger partial charge in [0.2, 0.25) is 5.91 Å². The largest absolute Gasteiger partial charge is 0.354 e. The van der Waals surface area contributed by atoms with E-state index in [0.717, 1.165) is 37.1 Å². The number of hydrogen-bond donors (Lipinski definition) is 1. The maximum Gasteiger partial charge on any atom is 0.240 e. The molecule has 0 radical (unpaired) electrons.